The molecule has 2 rings (SSSR count). The van der Waals surface area contributed by atoms with Crippen LogP contribution in [0.25, 0.3) is 0 Å². The number of carbonyl (C=O) groups is 1. The molecule has 4 nitrogen and oxygen atoms in total. The Morgan fingerprint density at radius 3 is 2.41 bits per heavy atom. The van der Waals surface area contributed by atoms with E-state index in [0.717, 1.165) is 35.5 Å². The second kappa shape index (κ2) is 10.0. The number of hydrogen-bond acceptors (Lipinski definition) is 3. The molecular formula is C23H31NO3. The predicted octanol–water partition coefficient (Wildman–Crippen LogP) is 4.64. The zero-order valence-electron chi connectivity index (χ0n) is 17.0. The average molecular weight is 370 g/mol. The van der Waals surface area contributed by atoms with E-state index in [4.69, 9.17) is 9.47 Å². The Morgan fingerprint density at radius 2 is 1.78 bits per heavy atom. The van der Waals surface area contributed by atoms with Crippen molar-refractivity contribution in [3.8, 4) is 11.5 Å². The second-order valence-corrected chi connectivity index (χ2v) is 7.20. The van der Waals surface area contributed by atoms with Crippen LogP contribution in [0.4, 0.5) is 0 Å². The summed E-state index contributed by atoms with van der Waals surface area (Å²) < 4.78 is 11.1. The number of amides is 1. The first-order valence-corrected chi connectivity index (χ1v) is 9.58. The van der Waals surface area contributed by atoms with Crippen molar-refractivity contribution in [2.45, 2.75) is 52.6 Å². The Hall–Kier alpha value is -2.49. The number of nitrogens with one attached hydrogen (secondary N) is 1. The molecule has 2 aromatic carbocycles. The summed E-state index contributed by atoms with van der Waals surface area (Å²) in [6.45, 7) is 8.71. The van der Waals surface area contributed by atoms with Gasteiger partial charge in [0.1, 0.15) is 11.5 Å². The number of methoxy groups -OCH3 is 1. The molecule has 0 saturated heterocycles. The van der Waals surface area contributed by atoms with Gasteiger partial charge in [0.15, 0.2) is 6.10 Å². The van der Waals surface area contributed by atoms with E-state index < -0.39 is 6.10 Å². The van der Waals surface area contributed by atoms with Gasteiger partial charge in [-0.2, -0.15) is 0 Å². The Balaban J connectivity index is 1.81. The van der Waals surface area contributed by atoms with E-state index in [0.29, 0.717) is 12.5 Å². The van der Waals surface area contributed by atoms with Crippen molar-refractivity contribution in [3.63, 3.8) is 0 Å². The van der Waals surface area contributed by atoms with Crippen molar-refractivity contribution in [2.24, 2.45) is 0 Å². The number of hydrogen-bond donors (Lipinski definition) is 1. The fourth-order valence-corrected chi connectivity index (χ4v) is 2.90. The van der Waals surface area contributed by atoms with Gasteiger partial charge in [0.25, 0.3) is 5.91 Å². The first kappa shape index (κ1) is 20.8. The highest BCUT2D eigenvalue weighted by atomic mass is 16.5. The third-order valence-electron chi connectivity index (χ3n) is 4.56. The molecular weight excluding hydrogens is 338 g/mol. The Kier molecular flexibility index (Phi) is 7.71. The lowest BCUT2D eigenvalue weighted by Crippen LogP contribution is -2.37. The molecule has 0 saturated carbocycles. The van der Waals surface area contributed by atoms with Crippen LogP contribution in [0.3, 0.4) is 0 Å². The van der Waals surface area contributed by atoms with Crippen LogP contribution in [0.5, 0.6) is 11.5 Å². The largest absolute Gasteiger partial charge is 0.497 e. The zero-order valence-corrected chi connectivity index (χ0v) is 17.0. The van der Waals surface area contributed by atoms with Crippen molar-refractivity contribution in [3.05, 3.63) is 59.2 Å². The van der Waals surface area contributed by atoms with E-state index in [1.54, 1.807) is 14.0 Å². The van der Waals surface area contributed by atoms with Crippen molar-refractivity contribution < 1.29 is 14.3 Å². The molecule has 1 N–H and O–H groups in total. The van der Waals surface area contributed by atoms with Crippen LogP contribution in [0, 0.1) is 6.92 Å². The molecule has 0 radical (unpaired) electrons. The van der Waals surface area contributed by atoms with Gasteiger partial charge >= 0.3 is 0 Å². The van der Waals surface area contributed by atoms with Crippen molar-refractivity contribution in [1.82, 2.24) is 5.32 Å². The fourth-order valence-electron chi connectivity index (χ4n) is 2.90. The summed E-state index contributed by atoms with van der Waals surface area (Å²) in [5.41, 5.74) is 3.48. The molecule has 0 bridgehead atoms. The van der Waals surface area contributed by atoms with Crippen molar-refractivity contribution in [2.75, 3.05) is 13.7 Å². The summed E-state index contributed by atoms with van der Waals surface area (Å²) in [5, 5.41) is 2.97. The minimum atomic E-state index is -0.523. The van der Waals surface area contributed by atoms with Gasteiger partial charge in [0.05, 0.1) is 7.11 Å². The highest BCUT2D eigenvalue weighted by Crippen LogP contribution is 2.28. The molecule has 4 heteroatoms. The van der Waals surface area contributed by atoms with E-state index in [9.17, 15) is 4.79 Å². The summed E-state index contributed by atoms with van der Waals surface area (Å²) in [5.74, 6) is 1.92. The molecule has 0 aliphatic carbocycles. The maximum Gasteiger partial charge on any atom is 0.260 e. The Bertz CT molecular complexity index is 738. The van der Waals surface area contributed by atoms with Gasteiger partial charge in [-0.25, -0.2) is 0 Å². The van der Waals surface area contributed by atoms with E-state index in [1.807, 2.05) is 25.1 Å². The average Bonchev–Trinajstić information content (AvgIpc) is 2.65. The number of rotatable bonds is 9. The molecule has 1 atom stereocenters. The zero-order chi connectivity index (χ0) is 19.8. The normalized spacial score (nSPS) is 11.9. The topological polar surface area (TPSA) is 47.6 Å². The van der Waals surface area contributed by atoms with Crippen LogP contribution in [0.15, 0.2) is 42.5 Å². The SMILES string of the molecule is COc1ccc(CCCNC(=O)[C@H](C)Oc2cc(C)ccc2C(C)C)cc1. The van der Waals surface area contributed by atoms with Gasteiger partial charge in [0.2, 0.25) is 0 Å². The van der Waals surface area contributed by atoms with Gasteiger partial charge in [-0.3, -0.25) is 4.79 Å². The maximum atomic E-state index is 12.4. The van der Waals surface area contributed by atoms with Crippen LogP contribution in [-0.4, -0.2) is 25.7 Å². The molecule has 0 heterocycles. The van der Waals surface area contributed by atoms with Crippen LogP contribution in [0.1, 0.15) is 49.8 Å². The molecule has 0 unspecified atom stereocenters. The molecule has 0 spiro atoms. The van der Waals surface area contributed by atoms with Crippen LogP contribution < -0.4 is 14.8 Å². The lowest BCUT2D eigenvalue weighted by Gasteiger charge is -2.19. The monoisotopic (exact) mass is 369 g/mol. The van der Waals surface area contributed by atoms with Gasteiger partial charge in [0, 0.05) is 6.54 Å². The van der Waals surface area contributed by atoms with Crippen molar-refractivity contribution >= 4 is 5.91 Å². The van der Waals surface area contributed by atoms with Crippen LogP contribution in [-0.2, 0) is 11.2 Å². The smallest absolute Gasteiger partial charge is 0.260 e. The lowest BCUT2D eigenvalue weighted by molar-refractivity contribution is -0.127. The third-order valence-corrected chi connectivity index (χ3v) is 4.56. The number of carbonyl (C=O) groups excluding carboxylic acids is 1. The molecule has 146 valence electrons. The maximum absolute atomic E-state index is 12.4. The van der Waals surface area contributed by atoms with Crippen LogP contribution >= 0.6 is 0 Å². The van der Waals surface area contributed by atoms with Crippen LogP contribution in [0.2, 0.25) is 0 Å². The van der Waals surface area contributed by atoms with Gasteiger partial charge in [-0.15, -0.1) is 0 Å². The minimum Gasteiger partial charge on any atom is -0.497 e. The van der Waals surface area contributed by atoms with E-state index in [2.05, 4.69) is 43.4 Å². The molecule has 27 heavy (non-hydrogen) atoms. The quantitative estimate of drug-likeness (QED) is 0.655. The minimum absolute atomic E-state index is 0.0825. The van der Waals surface area contributed by atoms with Gasteiger partial charge < -0.3 is 14.8 Å². The standard InChI is InChI=1S/C23H31NO3/c1-16(2)21-13-8-17(3)15-22(21)27-18(4)23(25)24-14-6-7-19-9-11-20(26-5)12-10-19/h8-13,15-16,18H,6-7,14H2,1-5H3,(H,24,25)/t18-/m0/s1. The van der Waals surface area contributed by atoms with E-state index in [1.165, 1.54) is 5.56 Å². The fraction of sp³-hybridized carbons (Fsp3) is 0.435. The van der Waals surface area contributed by atoms with Crippen molar-refractivity contribution in [1.29, 1.82) is 0 Å². The third kappa shape index (κ3) is 6.31. The highest BCUT2D eigenvalue weighted by Gasteiger charge is 2.17. The molecule has 0 fully saturated rings. The van der Waals surface area contributed by atoms with E-state index in [-0.39, 0.29) is 5.91 Å². The summed E-state index contributed by atoms with van der Waals surface area (Å²) in [4.78, 5) is 12.4. The first-order chi connectivity index (χ1) is 12.9. The second-order valence-electron chi connectivity index (χ2n) is 7.20. The highest BCUT2D eigenvalue weighted by molar-refractivity contribution is 5.80. The molecule has 0 aromatic heterocycles. The summed E-state index contributed by atoms with van der Waals surface area (Å²) in [6, 6.07) is 14.2. The van der Waals surface area contributed by atoms with Gasteiger partial charge in [-0.05, 0) is 67.5 Å². The number of ether oxygens (including phenoxy) is 2. The van der Waals surface area contributed by atoms with Gasteiger partial charge in [-0.1, -0.05) is 38.1 Å². The lowest BCUT2D eigenvalue weighted by atomic mass is 10.0. The predicted molar refractivity (Wildman–Crippen MR) is 110 cm³/mol. The number of aryl methyl sites for hydroxylation is 2. The molecule has 1 amide bonds. The summed E-state index contributed by atoms with van der Waals surface area (Å²) in [7, 11) is 1.66. The summed E-state index contributed by atoms with van der Waals surface area (Å²) >= 11 is 0. The number of benzene rings is 2. The molecule has 0 aliphatic rings. The first-order valence-electron chi connectivity index (χ1n) is 9.58. The molecule has 2 aromatic rings. The summed E-state index contributed by atoms with van der Waals surface area (Å²) in [6.07, 6.45) is 1.27. The van der Waals surface area contributed by atoms with E-state index >= 15 is 0 Å². The molecule has 0 aliphatic heterocycles. The Labute approximate surface area is 162 Å². The Morgan fingerprint density at radius 1 is 1.07 bits per heavy atom.